The van der Waals surface area contributed by atoms with Crippen LogP contribution in [0.25, 0.3) is 27.6 Å². The molecule has 3 heterocycles. The SMILES string of the molecule is CCOc1ccc(C(=O)Nc2ccc(-c3ccc4nnc(-c5cccs5)n4n3)cc2)cc1OCC. The minimum atomic E-state index is -0.230. The lowest BCUT2D eigenvalue weighted by Crippen LogP contribution is -2.12. The molecule has 0 unspecified atom stereocenters. The van der Waals surface area contributed by atoms with E-state index in [-0.39, 0.29) is 5.91 Å². The van der Waals surface area contributed by atoms with Crippen LogP contribution < -0.4 is 14.8 Å². The van der Waals surface area contributed by atoms with Crippen LogP contribution in [0, 0.1) is 0 Å². The number of amides is 1. The van der Waals surface area contributed by atoms with Crippen molar-refractivity contribution in [3.63, 3.8) is 0 Å². The summed E-state index contributed by atoms with van der Waals surface area (Å²) in [4.78, 5) is 13.8. The third kappa shape index (κ3) is 4.71. The standard InChI is InChI=1S/C26H23N5O3S/c1-3-33-21-13-9-18(16-22(21)34-4-2)26(32)27-19-10-7-17(8-11-19)20-12-14-24-28-29-25(31(24)30-20)23-6-5-15-35-23/h5-16H,3-4H2,1-2H3,(H,27,32). The number of rotatable bonds is 8. The second-order valence-corrected chi connectivity index (χ2v) is 8.50. The summed E-state index contributed by atoms with van der Waals surface area (Å²) < 4.78 is 13.0. The van der Waals surface area contributed by atoms with Crippen molar-refractivity contribution >= 4 is 28.6 Å². The number of aromatic nitrogens is 4. The predicted octanol–water partition coefficient (Wildman–Crippen LogP) is 5.57. The Kier molecular flexibility index (Phi) is 6.40. The second-order valence-electron chi connectivity index (χ2n) is 7.55. The van der Waals surface area contributed by atoms with E-state index in [4.69, 9.17) is 14.6 Å². The molecule has 3 aromatic heterocycles. The Hall–Kier alpha value is -4.24. The van der Waals surface area contributed by atoms with Crippen LogP contribution in [-0.2, 0) is 0 Å². The van der Waals surface area contributed by atoms with Gasteiger partial charge in [-0.3, -0.25) is 4.79 Å². The van der Waals surface area contributed by atoms with Crippen LogP contribution in [0.15, 0.2) is 72.1 Å². The maximum absolute atomic E-state index is 12.8. The summed E-state index contributed by atoms with van der Waals surface area (Å²) in [6, 6.07) is 20.5. The maximum Gasteiger partial charge on any atom is 0.255 e. The molecule has 0 atom stereocenters. The molecule has 5 rings (SSSR count). The van der Waals surface area contributed by atoms with Crippen molar-refractivity contribution in [2.45, 2.75) is 13.8 Å². The van der Waals surface area contributed by atoms with Gasteiger partial charge in [-0.25, -0.2) is 0 Å². The molecule has 0 bridgehead atoms. The molecule has 0 spiro atoms. The first-order valence-corrected chi connectivity index (χ1v) is 12.1. The number of carbonyl (C=O) groups excluding carboxylic acids is 1. The monoisotopic (exact) mass is 485 g/mol. The molecule has 0 saturated carbocycles. The second kappa shape index (κ2) is 9.94. The predicted molar refractivity (Wildman–Crippen MR) is 136 cm³/mol. The molecule has 176 valence electrons. The number of hydrogen-bond donors (Lipinski definition) is 1. The van der Waals surface area contributed by atoms with Crippen molar-refractivity contribution in [1.82, 2.24) is 19.8 Å². The average molecular weight is 486 g/mol. The van der Waals surface area contributed by atoms with Gasteiger partial charge in [0.15, 0.2) is 23.0 Å². The van der Waals surface area contributed by atoms with Gasteiger partial charge in [-0.2, -0.15) is 9.61 Å². The fourth-order valence-electron chi connectivity index (χ4n) is 3.62. The number of fused-ring (bicyclic) bond motifs is 1. The molecule has 8 nitrogen and oxygen atoms in total. The van der Waals surface area contributed by atoms with E-state index in [9.17, 15) is 4.79 Å². The summed E-state index contributed by atoms with van der Waals surface area (Å²) in [6.45, 7) is 4.80. The van der Waals surface area contributed by atoms with E-state index in [0.717, 1.165) is 16.1 Å². The Morgan fingerprint density at radius 2 is 1.74 bits per heavy atom. The number of hydrogen-bond acceptors (Lipinski definition) is 7. The minimum absolute atomic E-state index is 0.230. The van der Waals surface area contributed by atoms with Crippen molar-refractivity contribution in [3.8, 4) is 33.5 Å². The molecule has 35 heavy (non-hydrogen) atoms. The van der Waals surface area contributed by atoms with Crippen LogP contribution in [0.2, 0.25) is 0 Å². The molecule has 1 amide bonds. The molecule has 9 heteroatoms. The van der Waals surface area contributed by atoms with E-state index in [1.807, 2.05) is 67.8 Å². The maximum atomic E-state index is 12.8. The van der Waals surface area contributed by atoms with Gasteiger partial charge in [0.25, 0.3) is 5.91 Å². The highest BCUT2D eigenvalue weighted by atomic mass is 32.1. The number of ether oxygens (including phenoxy) is 2. The van der Waals surface area contributed by atoms with Gasteiger partial charge in [0.1, 0.15) is 0 Å². The molecule has 5 aromatic rings. The summed E-state index contributed by atoms with van der Waals surface area (Å²) in [5.74, 6) is 1.65. The molecule has 1 N–H and O–H groups in total. The van der Waals surface area contributed by atoms with Gasteiger partial charge < -0.3 is 14.8 Å². The van der Waals surface area contributed by atoms with E-state index in [1.54, 1.807) is 34.1 Å². The van der Waals surface area contributed by atoms with Crippen molar-refractivity contribution in [3.05, 3.63) is 77.7 Å². The number of anilines is 1. The molecule has 0 radical (unpaired) electrons. The van der Waals surface area contributed by atoms with Gasteiger partial charge in [0.05, 0.1) is 23.8 Å². The molecule has 2 aromatic carbocycles. The third-order valence-corrected chi connectivity index (χ3v) is 6.11. The smallest absolute Gasteiger partial charge is 0.255 e. The summed E-state index contributed by atoms with van der Waals surface area (Å²) >= 11 is 1.59. The molecule has 0 saturated heterocycles. The fourth-order valence-corrected chi connectivity index (χ4v) is 4.32. The van der Waals surface area contributed by atoms with Gasteiger partial charge in [-0.1, -0.05) is 18.2 Å². The Morgan fingerprint density at radius 3 is 2.49 bits per heavy atom. The van der Waals surface area contributed by atoms with Gasteiger partial charge in [0.2, 0.25) is 0 Å². The van der Waals surface area contributed by atoms with Crippen molar-refractivity contribution in [2.75, 3.05) is 18.5 Å². The van der Waals surface area contributed by atoms with Gasteiger partial charge in [-0.05, 0) is 67.8 Å². The summed E-state index contributed by atoms with van der Waals surface area (Å²) in [7, 11) is 0. The number of nitrogens with zero attached hydrogens (tertiary/aromatic N) is 4. The number of benzene rings is 2. The lowest BCUT2D eigenvalue weighted by molar-refractivity contribution is 0.102. The quantitative estimate of drug-likeness (QED) is 0.309. The largest absolute Gasteiger partial charge is 0.490 e. The number of carbonyl (C=O) groups is 1. The van der Waals surface area contributed by atoms with Gasteiger partial charge in [-0.15, -0.1) is 21.5 Å². The average Bonchev–Trinajstić information content (AvgIpc) is 3.55. The molecule has 0 fully saturated rings. The van der Waals surface area contributed by atoms with Crippen LogP contribution in [-0.4, -0.2) is 38.9 Å². The van der Waals surface area contributed by atoms with Crippen LogP contribution in [0.5, 0.6) is 11.5 Å². The molecular weight excluding hydrogens is 462 g/mol. The highest BCUT2D eigenvalue weighted by Crippen LogP contribution is 2.29. The summed E-state index contributed by atoms with van der Waals surface area (Å²) in [5, 5.41) is 18.2. The lowest BCUT2D eigenvalue weighted by Gasteiger charge is -2.12. The Balaban J connectivity index is 1.35. The van der Waals surface area contributed by atoms with E-state index in [2.05, 4.69) is 15.5 Å². The van der Waals surface area contributed by atoms with Crippen molar-refractivity contribution in [1.29, 1.82) is 0 Å². The Labute approximate surface area is 206 Å². The van der Waals surface area contributed by atoms with Crippen LogP contribution >= 0.6 is 11.3 Å². The van der Waals surface area contributed by atoms with Crippen LogP contribution in [0.4, 0.5) is 5.69 Å². The van der Waals surface area contributed by atoms with E-state index in [0.29, 0.717) is 47.4 Å². The van der Waals surface area contributed by atoms with Crippen molar-refractivity contribution < 1.29 is 14.3 Å². The first-order valence-electron chi connectivity index (χ1n) is 11.2. The van der Waals surface area contributed by atoms with E-state index in [1.165, 1.54) is 0 Å². The third-order valence-electron chi connectivity index (χ3n) is 5.25. The first kappa shape index (κ1) is 22.5. The highest BCUT2D eigenvalue weighted by molar-refractivity contribution is 7.13. The topological polar surface area (TPSA) is 90.6 Å². The minimum Gasteiger partial charge on any atom is -0.490 e. The summed E-state index contributed by atoms with van der Waals surface area (Å²) in [6.07, 6.45) is 0. The molecule has 0 aliphatic rings. The van der Waals surface area contributed by atoms with Crippen LogP contribution in [0.3, 0.4) is 0 Å². The zero-order valence-electron chi connectivity index (χ0n) is 19.3. The molecule has 0 aliphatic carbocycles. The normalized spacial score (nSPS) is 10.9. The molecule has 0 aliphatic heterocycles. The van der Waals surface area contributed by atoms with E-state index >= 15 is 0 Å². The number of thiophene rings is 1. The van der Waals surface area contributed by atoms with Gasteiger partial charge in [0, 0.05) is 16.8 Å². The zero-order valence-corrected chi connectivity index (χ0v) is 20.1. The first-order chi connectivity index (χ1) is 17.2. The Morgan fingerprint density at radius 1 is 0.943 bits per heavy atom. The fraction of sp³-hybridized carbons (Fsp3) is 0.154. The molecular formula is C26H23N5O3S. The highest BCUT2D eigenvalue weighted by Gasteiger charge is 2.14. The lowest BCUT2D eigenvalue weighted by atomic mass is 10.1. The Bertz CT molecular complexity index is 1460. The van der Waals surface area contributed by atoms with Crippen molar-refractivity contribution in [2.24, 2.45) is 0 Å². The van der Waals surface area contributed by atoms with Gasteiger partial charge >= 0.3 is 0 Å². The summed E-state index contributed by atoms with van der Waals surface area (Å²) in [5.41, 5.74) is 3.54. The zero-order chi connectivity index (χ0) is 24.2. The van der Waals surface area contributed by atoms with E-state index < -0.39 is 0 Å². The van der Waals surface area contributed by atoms with Crippen LogP contribution in [0.1, 0.15) is 24.2 Å². The number of nitrogens with one attached hydrogen (secondary N) is 1.